The average Bonchev–Trinajstić information content (AvgIpc) is 3.04. The van der Waals surface area contributed by atoms with Gasteiger partial charge >= 0.3 is 0 Å². The van der Waals surface area contributed by atoms with E-state index in [0.717, 1.165) is 25.2 Å². The molecule has 0 aromatic carbocycles. The van der Waals surface area contributed by atoms with Gasteiger partial charge in [-0.05, 0) is 44.9 Å². The van der Waals surface area contributed by atoms with Crippen molar-refractivity contribution in [2.45, 2.75) is 142 Å². The van der Waals surface area contributed by atoms with Crippen LogP contribution in [-0.4, -0.2) is 22.8 Å². The Hall–Kier alpha value is -0.830. The number of ether oxygens (including phenoxy) is 1. The summed E-state index contributed by atoms with van der Waals surface area (Å²) in [4.78, 5) is 4.44. The molecule has 28 heavy (non-hydrogen) atoms. The maximum Gasteiger partial charge on any atom is 0.196 e. The van der Waals surface area contributed by atoms with Crippen molar-refractivity contribution >= 4 is 5.90 Å². The molecule has 0 aromatic heterocycles. The SMILES string of the molecule is CCCCCCCCC=CCCCCCCCCC1=NC(O)(CC)C(CC)O1. The summed E-state index contributed by atoms with van der Waals surface area (Å²) >= 11 is 0. The second-order valence-corrected chi connectivity index (χ2v) is 8.44. The zero-order chi connectivity index (χ0) is 20.5. The van der Waals surface area contributed by atoms with E-state index >= 15 is 0 Å². The number of aliphatic imine (C=N–C) groups is 1. The van der Waals surface area contributed by atoms with Crippen LogP contribution in [0.1, 0.15) is 130 Å². The highest BCUT2D eigenvalue weighted by atomic mass is 16.5. The van der Waals surface area contributed by atoms with Crippen LogP contribution in [0.5, 0.6) is 0 Å². The largest absolute Gasteiger partial charge is 0.473 e. The number of nitrogens with zero attached hydrogens (tertiary/aromatic N) is 1. The second-order valence-electron chi connectivity index (χ2n) is 8.44. The van der Waals surface area contributed by atoms with Crippen LogP contribution in [0.2, 0.25) is 0 Å². The van der Waals surface area contributed by atoms with E-state index in [4.69, 9.17) is 4.74 Å². The molecule has 3 nitrogen and oxygen atoms in total. The zero-order valence-electron chi connectivity index (χ0n) is 19.1. The van der Waals surface area contributed by atoms with Crippen molar-refractivity contribution in [3.05, 3.63) is 12.2 Å². The minimum Gasteiger partial charge on any atom is -0.473 e. The summed E-state index contributed by atoms with van der Waals surface area (Å²) in [6.45, 7) is 6.30. The number of hydrogen-bond donors (Lipinski definition) is 1. The third-order valence-electron chi connectivity index (χ3n) is 5.91. The van der Waals surface area contributed by atoms with Crippen LogP contribution in [0.4, 0.5) is 0 Å². The Bertz CT molecular complexity index is 432. The smallest absolute Gasteiger partial charge is 0.196 e. The second kappa shape index (κ2) is 16.0. The summed E-state index contributed by atoms with van der Waals surface area (Å²) < 4.78 is 5.83. The Morgan fingerprint density at radius 2 is 1.36 bits per heavy atom. The lowest BCUT2D eigenvalue weighted by Crippen LogP contribution is -2.36. The molecule has 164 valence electrons. The predicted molar refractivity (Wildman–Crippen MR) is 122 cm³/mol. The van der Waals surface area contributed by atoms with Crippen molar-refractivity contribution in [1.29, 1.82) is 0 Å². The summed E-state index contributed by atoms with van der Waals surface area (Å²) in [6, 6.07) is 0. The van der Waals surface area contributed by atoms with Crippen molar-refractivity contribution in [3.8, 4) is 0 Å². The number of aliphatic hydroxyl groups is 1. The standard InChI is InChI=1S/C25H47NO2/c1-4-7-8-9-10-11-12-13-14-15-16-17-18-19-20-21-22-24-26-25(27,6-3)23(5-2)28-24/h13-14,23,27H,4-12,15-22H2,1-3H3. The Morgan fingerprint density at radius 1 is 0.821 bits per heavy atom. The molecule has 1 rings (SSSR count). The maximum absolute atomic E-state index is 10.4. The zero-order valence-corrected chi connectivity index (χ0v) is 19.1. The molecule has 0 bridgehead atoms. The van der Waals surface area contributed by atoms with Crippen LogP contribution in [-0.2, 0) is 4.74 Å². The highest BCUT2D eigenvalue weighted by Crippen LogP contribution is 2.30. The summed E-state index contributed by atoms with van der Waals surface area (Å²) in [6.07, 6.45) is 25.4. The first kappa shape index (κ1) is 25.2. The lowest BCUT2D eigenvalue weighted by atomic mass is 10.0. The van der Waals surface area contributed by atoms with Crippen LogP contribution < -0.4 is 0 Å². The molecular formula is C25H47NO2. The Labute approximate surface area is 175 Å². The normalized spacial score (nSPS) is 22.0. The molecule has 0 spiro atoms. The van der Waals surface area contributed by atoms with Crippen molar-refractivity contribution in [1.82, 2.24) is 0 Å². The molecule has 3 heteroatoms. The highest BCUT2D eigenvalue weighted by Gasteiger charge is 2.41. The first-order valence-electron chi connectivity index (χ1n) is 12.3. The van der Waals surface area contributed by atoms with E-state index in [1.54, 1.807) is 0 Å². The average molecular weight is 394 g/mol. The van der Waals surface area contributed by atoms with E-state index in [1.807, 2.05) is 13.8 Å². The van der Waals surface area contributed by atoms with Gasteiger partial charge in [-0.1, -0.05) is 90.7 Å². The minimum atomic E-state index is -0.980. The van der Waals surface area contributed by atoms with Crippen LogP contribution in [0.25, 0.3) is 0 Å². The molecule has 0 amide bonds. The minimum absolute atomic E-state index is 0.151. The molecule has 1 aliphatic rings. The van der Waals surface area contributed by atoms with Crippen LogP contribution in [0, 0.1) is 0 Å². The van der Waals surface area contributed by atoms with Crippen molar-refractivity contribution in [2.24, 2.45) is 4.99 Å². The van der Waals surface area contributed by atoms with E-state index in [1.165, 1.54) is 83.5 Å². The quantitative estimate of drug-likeness (QED) is 0.191. The van der Waals surface area contributed by atoms with E-state index in [2.05, 4.69) is 24.1 Å². The van der Waals surface area contributed by atoms with Gasteiger partial charge in [0.1, 0.15) is 6.10 Å². The topological polar surface area (TPSA) is 41.8 Å². The predicted octanol–water partition coefficient (Wildman–Crippen LogP) is 7.72. The summed E-state index contributed by atoms with van der Waals surface area (Å²) in [5, 5.41) is 10.4. The van der Waals surface area contributed by atoms with E-state index in [0.29, 0.717) is 6.42 Å². The summed E-state index contributed by atoms with van der Waals surface area (Å²) in [5.41, 5.74) is -0.980. The number of rotatable bonds is 18. The Balaban J connectivity index is 1.89. The molecule has 0 fully saturated rings. The van der Waals surface area contributed by atoms with Gasteiger partial charge in [-0.3, -0.25) is 0 Å². The number of unbranched alkanes of at least 4 members (excludes halogenated alkanes) is 12. The third kappa shape index (κ3) is 10.6. The highest BCUT2D eigenvalue weighted by molar-refractivity contribution is 5.78. The van der Waals surface area contributed by atoms with Gasteiger partial charge in [-0.2, -0.15) is 0 Å². The van der Waals surface area contributed by atoms with Crippen LogP contribution in [0.15, 0.2) is 17.1 Å². The fourth-order valence-electron chi connectivity index (χ4n) is 3.93. The van der Waals surface area contributed by atoms with Gasteiger partial charge in [0.05, 0.1) is 0 Å². The molecule has 0 saturated carbocycles. The van der Waals surface area contributed by atoms with Crippen molar-refractivity contribution in [3.63, 3.8) is 0 Å². The molecule has 1 heterocycles. The summed E-state index contributed by atoms with van der Waals surface area (Å²) in [5.74, 6) is 0.770. The molecule has 0 radical (unpaired) electrons. The molecular weight excluding hydrogens is 346 g/mol. The Kier molecular flexibility index (Phi) is 14.4. The van der Waals surface area contributed by atoms with Gasteiger partial charge in [-0.25, -0.2) is 4.99 Å². The van der Waals surface area contributed by atoms with Gasteiger partial charge in [0.25, 0.3) is 0 Å². The molecule has 0 saturated heterocycles. The summed E-state index contributed by atoms with van der Waals surface area (Å²) in [7, 11) is 0. The van der Waals surface area contributed by atoms with Gasteiger partial charge in [0.15, 0.2) is 11.6 Å². The lowest BCUT2D eigenvalue weighted by Gasteiger charge is -2.23. The first-order chi connectivity index (χ1) is 13.7. The van der Waals surface area contributed by atoms with Crippen LogP contribution >= 0.6 is 0 Å². The molecule has 1 aliphatic heterocycles. The van der Waals surface area contributed by atoms with Gasteiger partial charge in [0.2, 0.25) is 0 Å². The number of allylic oxidation sites excluding steroid dienone is 2. The van der Waals surface area contributed by atoms with E-state index < -0.39 is 5.72 Å². The number of hydrogen-bond acceptors (Lipinski definition) is 3. The fourth-order valence-corrected chi connectivity index (χ4v) is 3.93. The van der Waals surface area contributed by atoms with Crippen LogP contribution in [0.3, 0.4) is 0 Å². The van der Waals surface area contributed by atoms with Gasteiger partial charge in [0, 0.05) is 6.42 Å². The maximum atomic E-state index is 10.4. The fraction of sp³-hybridized carbons (Fsp3) is 0.880. The van der Waals surface area contributed by atoms with Gasteiger partial charge < -0.3 is 9.84 Å². The van der Waals surface area contributed by atoms with Gasteiger partial charge in [-0.15, -0.1) is 0 Å². The third-order valence-corrected chi connectivity index (χ3v) is 5.91. The first-order valence-corrected chi connectivity index (χ1v) is 12.3. The molecule has 0 aromatic rings. The monoisotopic (exact) mass is 393 g/mol. The molecule has 0 aliphatic carbocycles. The Morgan fingerprint density at radius 3 is 1.86 bits per heavy atom. The van der Waals surface area contributed by atoms with E-state index in [9.17, 15) is 5.11 Å². The lowest BCUT2D eigenvalue weighted by molar-refractivity contribution is -0.0397. The molecule has 2 atom stereocenters. The van der Waals surface area contributed by atoms with Crippen molar-refractivity contribution in [2.75, 3.05) is 0 Å². The molecule has 1 N–H and O–H groups in total. The molecule has 2 unspecified atom stereocenters. The van der Waals surface area contributed by atoms with Crippen molar-refractivity contribution < 1.29 is 9.84 Å². The van der Waals surface area contributed by atoms with E-state index in [-0.39, 0.29) is 6.10 Å².